The van der Waals surface area contributed by atoms with Crippen LogP contribution in [-0.4, -0.2) is 27.7 Å². The van der Waals surface area contributed by atoms with Crippen molar-refractivity contribution in [3.05, 3.63) is 53.6 Å². The van der Waals surface area contributed by atoms with Gasteiger partial charge >= 0.3 is 0 Å². The fourth-order valence-electron chi connectivity index (χ4n) is 3.88. The monoisotopic (exact) mass is 348 g/mol. The molecule has 0 N–H and O–H groups in total. The van der Waals surface area contributed by atoms with Crippen LogP contribution in [-0.2, 0) is 0 Å². The van der Waals surface area contributed by atoms with Crippen molar-refractivity contribution in [1.29, 1.82) is 0 Å². The number of benzene rings is 2. The zero-order valence-electron chi connectivity index (χ0n) is 13.6. The lowest BCUT2D eigenvalue weighted by molar-refractivity contribution is 0.0588. The topological polar surface area (TPSA) is 50.3 Å². The summed E-state index contributed by atoms with van der Waals surface area (Å²) in [5.41, 5.74) is 2.91. The van der Waals surface area contributed by atoms with E-state index in [1.54, 1.807) is 17.4 Å². The van der Waals surface area contributed by atoms with Gasteiger partial charge in [-0.15, -0.1) is 11.3 Å². The molecule has 4 nitrogen and oxygen atoms in total. The van der Waals surface area contributed by atoms with Crippen LogP contribution in [0.4, 0.5) is 0 Å². The average Bonchev–Trinajstić information content (AvgIpc) is 3.34. The van der Waals surface area contributed by atoms with E-state index in [2.05, 4.69) is 4.98 Å². The van der Waals surface area contributed by atoms with E-state index < -0.39 is 0 Å². The van der Waals surface area contributed by atoms with E-state index in [4.69, 9.17) is 0 Å². The third-order valence-corrected chi connectivity index (χ3v) is 6.23. The lowest BCUT2D eigenvalue weighted by Gasteiger charge is -2.21. The van der Waals surface area contributed by atoms with Crippen molar-refractivity contribution in [1.82, 2.24) is 9.88 Å². The number of imide groups is 1. The van der Waals surface area contributed by atoms with Gasteiger partial charge in [-0.05, 0) is 37.1 Å². The molecule has 3 aromatic rings. The molecule has 5 heteroatoms. The zero-order valence-corrected chi connectivity index (χ0v) is 14.4. The molecule has 0 radical (unpaired) electrons. The Morgan fingerprint density at radius 1 is 0.960 bits per heavy atom. The predicted molar refractivity (Wildman–Crippen MR) is 97.8 cm³/mol. The first-order valence-corrected chi connectivity index (χ1v) is 9.42. The minimum Gasteiger partial charge on any atom is -0.271 e. The molecule has 2 amide bonds. The van der Waals surface area contributed by atoms with E-state index in [0.717, 1.165) is 46.5 Å². The summed E-state index contributed by atoms with van der Waals surface area (Å²) in [6, 6.07) is 13.6. The normalized spacial score (nSPS) is 17.7. The first-order valence-electron chi connectivity index (χ1n) is 8.60. The fraction of sp³-hybridized carbons (Fsp3) is 0.250. The highest BCUT2D eigenvalue weighted by Gasteiger charge is 2.40. The van der Waals surface area contributed by atoms with Gasteiger partial charge in [0.1, 0.15) is 5.01 Å². The highest BCUT2D eigenvalue weighted by Crippen LogP contribution is 2.35. The van der Waals surface area contributed by atoms with Crippen LogP contribution >= 0.6 is 11.3 Å². The van der Waals surface area contributed by atoms with Crippen molar-refractivity contribution in [2.45, 2.75) is 31.7 Å². The molecule has 2 aromatic carbocycles. The molecule has 0 saturated heterocycles. The van der Waals surface area contributed by atoms with Crippen molar-refractivity contribution in [2.24, 2.45) is 0 Å². The van der Waals surface area contributed by atoms with E-state index in [9.17, 15) is 9.59 Å². The van der Waals surface area contributed by atoms with Crippen LogP contribution in [0.25, 0.3) is 20.8 Å². The van der Waals surface area contributed by atoms with Crippen molar-refractivity contribution in [3.8, 4) is 10.6 Å². The Morgan fingerprint density at radius 2 is 1.72 bits per heavy atom. The summed E-state index contributed by atoms with van der Waals surface area (Å²) in [6.45, 7) is 0. The standard InChI is InChI=1S/C20H16N2O2S/c23-19-14-10-9-12(18-21-16-7-3-4-8-17(16)25-18)11-15(14)20(24)22(19)13-5-1-2-6-13/h3-4,7-11,13H,1-2,5-6H2. The molecule has 1 fully saturated rings. The molecule has 1 saturated carbocycles. The Hall–Kier alpha value is -2.53. The van der Waals surface area contributed by atoms with E-state index in [-0.39, 0.29) is 17.9 Å². The Morgan fingerprint density at radius 3 is 2.52 bits per heavy atom. The number of para-hydroxylation sites is 1. The van der Waals surface area contributed by atoms with Crippen molar-refractivity contribution in [2.75, 3.05) is 0 Å². The molecule has 1 aliphatic carbocycles. The maximum Gasteiger partial charge on any atom is 0.261 e. The Kier molecular flexibility index (Phi) is 3.25. The molecule has 2 aliphatic rings. The molecule has 0 atom stereocenters. The average molecular weight is 348 g/mol. The zero-order chi connectivity index (χ0) is 17.0. The second-order valence-corrected chi connectivity index (χ2v) is 7.70. The summed E-state index contributed by atoms with van der Waals surface area (Å²) in [4.78, 5) is 31.7. The van der Waals surface area contributed by atoms with Gasteiger partial charge < -0.3 is 0 Å². The number of carbonyl (C=O) groups excluding carboxylic acids is 2. The van der Waals surface area contributed by atoms with Gasteiger partial charge in [0.05, 0.1) is 21.3 Å². The maximum absolute atomic E-state index is 12.8. The lowest BCUT2D eigenvalue weighted by atomic mass is 10.1. The lowest BCUT2D eigenvalue weighted by Crippen LogP contribution is -2.38. The molecule has 2 heterocycles. The first kappa shape index (κ1) is 14.8. The van der Waals surface area contributed by atoms with Gasteiger partial charge in [-0.2, -0.15) is 0 Å². The van der Waals surface area contributed by atoms with Crippen LogP contribution in [0, 0.1) is 0 Å². The molecule has 1 aliphatic heterocycles. The SMILES string of the molecule is O=C1c2ccc(-c3nc4ccccc4s3)cc2C(=O)N1C1CCCC1. The molecule has 25 heavy (non-hydrogen) atoms. The minimum absolute atomic E-state index is 0.0679. The summed E-state index contributed by atoms with van der Waals surface area (Å²) in [5.74, 6) is -0.280. The molecule has 124 valence electrons. The molecular formula is C20H16N2O2S. The Balaban J connectivity index is 1.56. The third-order valence-electron chi connectivity index (χ3n) is 5.15. The molecule has 5 rings (SSSR count). The smallest absolute Gasteiger partial charge is 0.261 e. The van der Waals surface area contributed by atoms with Crippen LogP contribution < -0.4 is 0 Å². The summed E-state index contributed by atoms with van der Waals surface area (Å²) in [6.07, 6.45) is 4.04. The van der Waals surface area contributed by atoms with Crippen LogP contribution in [0.15, 0.2) is 42.5 Å². The summed E-state index contributed by atoms with van der Waals surface area (Å²) in [5, 5.41) is 0.878. The first-order chi connectivity index (χ1) is 12.2. The number of amides is 2. The minimum atomic E-state index is -0.144. The van der Waals surface area contributed by atoms with E-state index in [1.165, 1.54) is 4.90 Å². The number of thiazole rings is 1. The highest BCUT2D eigenvalue weighted by molar-refractivity contribution is 7.21. The second kappa shape index (κ2) is 5.49. The number of nitrogens with zero attached hydrogens (tertiary/aromatic N) is 2. The van der Waals surface area contributed by atoms with Gasteiger partial charge in [0.15, 0.2) is 0 Å². The number of carbonyl (C=O) groups is 2. The van der Waals surface area contributed by atoms with Gasteiger partial charge in [-0.25, -0.2) is 4.98 Å². The summed E-state index contributed by atoms with van der Waals surface area (Å²) in [7, 11) is 0. The van der Waals surface area contributed by atoms with Gasteiger partial charge in [0.25, 0.3) is 11.8 Å². The molecule has 0 unspecified atom stereocenters. The quantitative estimate of drug-likeness (QED) is 0.641. The highest BCUT2D eigenvalue weighted by atomic mass is 32.1. The van der Waals surface area contributed by atoms with Crippen LogP contribution in [0.1, 0.15) is 46.4 Å². The predicted octanol–water partition coefficient (Wildman–Crippen LogP) is 4.50. The van der Waals surface area contributed by atoms with Gasteiger partial charge in [-0.3, -0.25) is 14.5 Å². The number of rotatable bonds is 2. The second-order valence-electron chi connectivity index (χ2n) is 6.67. The summed E-state index contributed by atoms with van der Waals surface area (Å²) >= 11 is 1.60. The van der Waals surface area contributed by atoms with Crippen LogP contribution in [0.5, 0.6) is 0 Å². The van der Waals surface area contributed by atoms with Gasteiger partial charge in [0, 0.05) is 11.6 Å². The molecule has 0 spiro atoms. The van der Waals surface area contributed by atoms with E-state index in [0.29, 0.717) is 11.1 Å². The Labute approximate surface area is 149 Å². The van der Waals surface area contributed by atoms with Crippen molar-refractivity contribution < 1.29 is 9.59 Å². The van der Waals surface area contributed by atoms with Gasteiger partial charge in [0.2, 0.25) is 0 Å². The third kappa shape index (κ3) is 2.23. The number of fused-ring (bicyclic) bond motifs is 2. The molecule has 0 bridgehead atoms. The largest absolute Gasteiger partial charge is 0.271 e. The Bertz CT molecular complexity index is 984. The number of hydrogen-bond donors (Lipinski definition) is 0. The number of hydrogen-bond acceptors (Lipinski definition) is 4. The van der Waals surface area contributed by atoms with Crippen LogP contribution in [0.2, 0.25) is 0 Å². The number of aromatic nitrogens is 1. The van der Waals surface area contributed by atoms with E-state index >= 15 is 0 Å². The van der Waals surface area contributed by atoms with Crippen molar-refractivity contribution in [3.63, 3.8) is 0 Å². The van der Waals surface area contributed by atoms with Crippen molar-refractivity contribution >= 4 is 33.4 Å². The van der Waals surface area contributed by atoms with Gasteiger partial charge in [-0.1, -0.05) is 31.0 Å². The summed E-state index contributed by atoms with van der Waals surface area (Å²) < 4.78 is 1.12. The van der Waals surface area contributed by atoms with E-state index in [1.807, 2.05) is 36.4 Å². The molecule has 1 aromatic heterocycles. The molecular weight excluding hydrogens is 332 g/mol. The maximum atomic E-state index is 12.8. The van der Waals surface area contributed by atoms with Crippen LogP contribution in [0.3, 0.4) is 0 Å². The fourth-order valence-corrected chi connectivity index (χ4v) is 4.84.